The van der Waals surface area contributed by atoms with Gasteiger partial charge in [-0.2, -0.15) is 5.26 Å². The van der Waals surface area contributed by atoms with Crippen LogP contribution in [0.15, 0.2) is 179 Å². The SMILES string of the molecule is [C-]#[N+]c1c2c(c(C#N)c(N3c4ccc(-c5ccccc5)cc4Oc4cc5oc6ccccc6c5cc43)c1N1c3ccc(-c4ccccc4)cc3Oc3cc4oc5ccccc5c4cc31)C1CCC2O1. The van der Waals surface area contributed by atoms with E-state index in [0.29, 0.717) is 79.5 Å². The zero-order valence-corrected chi connectivity index (χ0v) is 36.6. The fraction of sp³-hybridized carbons (Fsp3) is 0.0667. The first-order valence-electron chi connectivity index (χ1n) is 23.0. The van der Waals surface area contributed by atoms with Gasteiger partial charge >= 0.3 is 0 Å². The van der Waals surface area contributed by atoms with Crippen LogP contribution < -0.4 is 19.3 Å². The highest BCUT2D eigenvalue weighted by Crippen LogP contribution is 2.67. The van der Waals surface area contributed by atoms with E-state index in [1.807, 2.05) is 84.9 Å². The summed E-state index contributed by atoms with van der Waals surface area (Å²) in [7, 11) is 0. The lowest BCUT2D eigenvalue weighted by Crippen LogP contribution is -2.24. The second kappa shape index (κ2) is 14.1. The average molecular weight is 891 g/mol. The van der Waals surface area contributed by atoms with Crippen LogP contribution in [0.25, 0.3) is 71.0 Å². The van der Waals surface area contributed by atoms with Crippen molar-refractivity contribution in [2.24, 2.45) is 0 Å². The molecule has 2 unspecified atom stereocenters. The van der Waals surface area contributed by atoms with E-state index in [4.69, 9.17) is 23.0 Å². The van der Waals surface area contributed by atoms with E-state index in [0.717, 1.165) is 78.9 Å². The van der Waals surface area contributed by atoms with Gasteiger partial charge in [0.1, 0.15) is 28.4 Å². The van der Waals surface area contributed by atoms with Crippen molar-refractivity contribution in [1.29, 1.82) is 5.26 Å². The van der Waals surface area contributed by atoms with Gasteiger partial charge in [-0.3, -0.25) is 0 Å². The molecule has 0 aliphatic carbocycles. The summed E-state index contributed by atoms with van der Waals surface area (Å²) >= 11 is 0. The molecule has 11 aromatic rings. The molecule has 9 aromatic carbocycles. The van der Waals surface area contributed by atoms with Gasteiger partial charge in [0, 0.05) is 33.7 Å². The summed E-state index contributed by atoms with van der Waals surface area (Å²) in [4.78, 5) is 8.79. The zero-order chi connectivity index (χ0) is 45.5. The number of hydrogen-bond donors (Lipinski definition) is 0. The van der Waals surface area contributed by atoms with E-state index >= 15 is 0 Å². The maximum absolute atomic E-state index is 11.9. The molecule has 1 fully saturated rings. The van der Waals surface area contributed by atoms with Crippen LogP contribution in [0.5, 0.6) is 23.0 Å². The van der Waals surface area contributed by atoms with Crippen LogP contribution in [0.2, 0.25) is 0 Å². The molecule has 0 radical (unpaired) electrons. The number of nitriles is 1. The number of para-hydroxylation sites is 2. The fourth-order valence-electron chi connectivity index (χ4n) is 11.3. The quantitative estimate of drug-likeness (QED) is 0.161. The predicted molar refractivity (Wildman–Crippen MR) is 268 cm³/mol. The molecular weight excluding hydrogens is 857 g/mol. The molecule has 2 atom stereocenters. The van der Waals surface area contributed by atoms with Crippen LogP contribution in [-0.4, -0.2) is 0 Å². The highest BCUT2D eigenvalue weighted by atomic mass is 16.5. The molecule has 0 N–H and O–H groups in total. The maximum atomic E-state index is 11.9. The number of fused-ring (bicyclic) bond motifs is 15. The summed E-state index contributed by atoms with van der Waals surface area (Å²) in [5.41, 5.74) is 13.1. The molecule has 0 saturated carbocycles. The number of benzene rings is 9. The van der Waals surface area contributed by atoms with Gasteiger partial charge in [-0.25, -0.2) is 4.85 Å². The van der Waals surface area contributed by atoms with Crippen LogP contribution in [0.3, 0.4) is 0 Å². The highest BCUT2D eigenvalue weighted by molar-refractivity contribution is 6.13. The van der Waals surface area contributed by atoms with Gasteiger partial charge < -0.3 is 32.8 Å². The topological polar surface area (TPSA) is 88.6 Å². The first-order chi connectivity index (χ1) is 34.1. The average Bonchev–Trinajstić information content (AvgIpc) is 4.20. The molecule has 1 saturated heterocycles. The number of furan rings is 2. The van der Waals surface area contributed by atoms with Gasteiger partial charge in [-0.1, -0.05) is 109 Å². The number of ether oxygens (including phenoxy) is 3. The van der Waals surface area contributed by atoms with Crippen LogP contribution in [0, 0.1) is 17.9 Å². The van der Waals surface area contributed by atoms with E-state index in [1.54, 1.807) is 0 Å². The van der Waals surface area contributed by atoms with Gasteiger partial charge in [-0.15, -0.1) is 0 Å². The van der Waals surface area contributed by atoms with E-state index in [1.165, 1.54) is 0 Å². The normalized spacial score (nSPS) is 16.1. The molecular formula is C60H34N4O5. The third kappa shape index (κ3) is 5.36. The summed E-state index contributed by atoms with van der Waals surface area (Å²) in [6, 6.07) is 59.6. The molecule has 15 rings (SSSR count). The minimum atomic E-state index is -0.344. The Morgan fingerprint density at radius 3 is 1.46 bits per heavy atom. The smallest absolute Gasteiger partial charge is 0.218 e. The summed E-state index contributed by atoms with van der Waals surface area (Å²) in [6.45, 7) is 9.27. The van der Waals surface area contributed by atoms with Gasteiger partial charge in [0.15, 0.2) is 23.0 Å². The molecule has 2 aromatic heterocycles. The fourth-order valence-corrected chi connectivity index (χ4v) is 11.3. The Morgan fingerprint density at radius 1 is 0.464 bits per heavy atom. The van der Waals surface area contributed by atoms with E-state index in [-0.39, 0.29) is 12.2 Å². The Kier molecular flexibility index (Phi) is 7.75. The molecule has 4 aliphatic rings. The molecule has 9 nitrogen and oxygen atoms in total. The zero-order valence-electron chi connectivity index (χ0n) is 36.6. The van der Waals surface area contributed by atoms with Crippen LogP contribution in [0.4, 0.5) is 39.8 Å². The second-order valence-electron chi connectivity index (χ2n) is 18.0. The largest absolute Gasteiger partial charge is 0.456 e. The molecule has 0 spiro atoms. The van der Waals surface area contributed by atoms with Crippen molar-refractivity contribution >= 4 is 83.7 Å². The lowest BCUT2D eigenvalue weighted by Gasteiger charge is -2.40. The first kappa shape index (κ1) is 37.9. The number of nitrogens with zero attached hydrogens (tertiary/aromatic N) is 4. The van der Waals surface area contributed by atoms with Crippen LogP contribution in [-0.2, 0) is 4.74 Å². The molecule has 0 amide bonds. The molecule has 324 valence electrons. The molecule has 69 heavy (non-hydrogen) atoms. The van der Waals surface area contributed by atoms with Crippen molar-refractivity contribution < 1.29 is 23.0 Å². The van der Waals surface area contributed by atoms with Crippen molar-refractivity contribution in [3.63, 3.8) is 0 Å². The summed E-state index contributed by atoms with van der Waals surface area (Å²) in [5, 5.41) is 15.5. The van der Waals surface area contributed by atoms with E-state index in [2.05, 4.69) is 106 Å². The predicted octanol–water partition coefficient (Wildman–Crippen LogP) is 17.3. The number of hydrogen-bond acceptors (Lipinski definition) is 8. The van der Waals surface area contributed by atoms with Crippen molar-refractivity contribution in [2.45, 2.75) is 25.0 Å². The monoisotopic (exact) mass is 890 g/mol. The lowest BCUT2D eigenvalue weighted by molar-refractivity contribution is 0.0718. The molecule has 4 aliphatic heterocycles. The van der Waals surface area contributed by atoms with Crippen LogP contribution in [0.1, 0.15) is 41.7 Å². The summed E-state index contributed by atoms with van der Waals surface area (Å²) in [6.07, 6.45) is 0.810. The Hall–Kier alpha value is -9.28. The summed E-state index contributed by atoms with van der Waals surface area (Å²) < 4.78 is 33.6. The third-order valence-electron chi connectivity index (χ3n) is 14.3. The number of rotatable bonds is 4. The van der Waals surface area contributed by atoms with Crippen molar-refractivity contribution in [3.05, 3.63) is 198 Å². The van der Waals surface area contributed by atoms with Crippen molar-refractivity contribution in [2.75, 3.05) is 9.80 Å². The van der Waals surface area contributed by atoms with Crippen molar-refractivity contribution in [3.8, 4) is 51.3 Å². The maximum Gasteiger partial charge on any atom is 0.218 e. The second-order valence-corrected chi connectivity index (χ2v) is 18.0. The van der Waals surface area contributed by atoms with E-state index in [9.17, 15) is 11.8 Å². The Labute approximate surface area is 394 Å². The third-order valence-corrected chi connectivity index (χ3v) is 14.3. The minimum Gasteiger partial charge on any atom is -0.456 e. The van der Waals surface area contributed by atoms with Crippen LogP contribution >= 0.6 is 0 Å². The van der Waals surface area contributed by atoms with E-state index < -0.39 is 0 Å². The van der Waals surface area contributed by atoms with Gasteiger partial charge in [0.2, 0.25) is 5.69 Å². The highest BCUT2D eigenvalue weighted by Gasteiger charge is 2.47. The molecule has 6 heterocycles. The van der Waals surface area contributed by atoms with Gasteiger partial charge in [0.25, 0.3) is 0 Å². The Bertz CT molecular complexity index is 3860. The number of anilines is 6. The molecule has 9 heteroatoms. The Morgan fingerprint density at radius 2 is 0.942 bits per heavy atom. The minimum absolute atomic E-state index is 0.343. The van der Waals surface area contributed by atoms with Gasteiger partial charge in [-0.05, 0) is 94.8 Å². The molecule has 2 bridgehead atoms. The van der Waals surface area contributed by atoms with Crippen molar-refractivity contribution in [1.82, 2.24) is 0 Å². The Balaban J connectivity index is 1.08. The lowest BCUT2D eigenvalue weighted by atomic mass is 9.84. The van der Waals surface area contributed by atoms with Gasteiger partial charge in [0.05, 0.1) is 58.5 Å². The standard InChI is InChI=1S/C60H34N4O5/c1-62-58-57-49-25-24-48(67-49)56(57)41(32-61)59(63-42-22-20-35(33-12-4-2-5-13-33)26-52(42)68-54-30-50-39(28-44(54)63)37-16-8-10-18-46(37)65-50)60(58)64-43-23-21-36(34-14-6-3-7-15-34)27-53(43)69-55-31-51-40(29-45(55)64)38-17-9-11-19-47(38)66-51/h2-23,26-31,48-49H,24-25H2. The first-order valence-corrected chi connectivity index (χ1v) is 23.0. The summed E-state index contributed by atoms with van der Waals surface area (Å²) in [5.74, 6) is 2.25.